The van der Waals surface area contributed by atoms with Crippen LogP contribution in [0.25, 0.3) is 6.08 Å². The lowest BCUT2D eigenvalue weighted by Crippen LogP contribution is -2.15. The van der Waals surface area contributed by atoms with Crippen LogP contribution in [-0.4, -0.2) is 19.7 Å². The fourth-order valence-corrected chi connectivity index (χ4v) is 3.20. The van der Waals surface area contributed by atoms with Crippen molar-refractivity contribution >= 4 is 37.9 Å². The smallest absolute Gasteiger partial charge is 0.147 e. The van der Waals surface area contributed by atoms with Crippen LogP contribution in [0.1, 0.15) is 32.8 Å². The summed E-state index contributed by atoms with van der Waals surface area (Å²) in [5.74, 6) is 0.865. The first kappa shape index (κ1) is 16.7. The minimum atomic E-state index is 0.660. The van der Waals surface area contributed by atoms with Gasteiger partial charge in [0.05, 0.1) is 15.6 Å². The number of hydrogen-bond acceptors (Lipinski definition) is 2. The van der Waals surface area contributed by atoms with Gasteiger partial charge in [0.2, 0.25) is 0 Å². The normalized spacial score (nSPS) is 11.7. The summed E-state index contributed by atoms with van der Waals surface area (Å²) in [6, 6.07) is 4.19. The van der Waals surface area contributed by atoms with Gasteiger partial charge in [0, 0.05) is 6.54 Å². The molecule has 19 heavy (non-hydrogen) atoms. The van der Waals surface area contributed by atoms with Crippen molar-refractivity contribution in [1.29, 1.82) is 0 Å². The monoisotopic (exact) mass is 389 g/mol. The van der Waals surface area contributed by atoms with Crippen LogP contribution >= 0.6 is 31.9 Å². The molecule has 4 heteroatoms. The van der Waals surface area contributed by atoms with Gasteiger partial charge >= 0.3 is 0 Å². The van der Waals surface area contributed by atoms with Crippen LogP contribution in [0, 0.1) is 0 Å². The largest absolute Gasteiger partial charge is 0.492 e. The molecule has 0 saturated heterocycles. The molecule has 0 aromatic heterocycles. The van der Waals surface area contributed by atoms with Crippen molar-refractivity contribution < 1.29 is 4.74 Å². The van der Waals surface area contributed by atoms with Crippen molar-refractivity contribution in [3.63, 3.8) is 0 Å². The van der Waals surface area contributed by atoms with Crippen LogP contribution in [0.3, 0.4) is 0 Å². The SMILES string of the molecule is CCNCC(=Cc1cc(Br)c(OCC)c(Br)c1)CC. The molecule has 0 bridgehead atoms. The van der Waals surface area contributed by atoms with E-state index in [0.717, 1.165) is 34.2 Å². The van der Waals surface area contributed by atoms with Gasteiger partial charge in [-0.1, -0.05) is 25.5 Å². The first-order valence-corrected chi connectivity index (χ1v) is 8.22. The highest BCUT2D eigenvalue weighted by atomic mass is 79.9. The number of rotatable bonds is 7. The standard InChI is InChI=1S/C15H21Br2NO/c1-4-11(10-18-5-2)7-12-8-13(16)15(19-6-3)14(17)9-12/h7-9,18H,4-6,10H2,1-3H3. The quantitative estimate of drug-likeness (QED) is 0.706. The second-order valence-electron chi connectivity index (χ2n) is 4.18. The summed E-state index contributed by atoms with van der Waals surface area (Å²) < 4.78 is 7.55. The molecule has 0 atom stereocenters. The second-order valence-corrected chi connectivity index (χ2v) is 5.89. The molecule has 0 aliphatic heterocycles. The fourth-order valence-electron chi connectivity index (χ4n) is 1.74. The average Bonchev–Trinajstić information content (AvgIpc) is 2.38. The molecule has 1 rings (SSSR count). The fraction of sp³-hybridized carbons (Fsp3) is 0.467. The Labute approximate surface area is 132 Å². The minimum absolute atomic E-state index is 0.660. The van der Waals surface area contributed by atoms with Gasteiger partial charge in [0.15, 0.2) is 0 Å². The van der Waals surface area contributed by atoms with Gasteiger partial charge in [0.1, 0.15) is 5.75 Å². The number of benzene rings is 1. The third kappa shape index (κ3) is 5.28. The summed E-state index contributed by atoms with van der Waals surface area (Å²) >= 11 is 7.13. The molecule has 0 radical (unpaired) electrons. The Morgan fingerprint density at radius 2 is 1.84 bits per heavy atom. The second kappa shape index (κ2) is 8.77. The summed E-state index contributed by atoms with van der Waals surface area (Å²) in [6.45, 7) is 8.88. The predicted octanol–water partition coefficient (Wildman–Crippen LogP) is 5.01. The first-order valence-electron chi connectivity index (χ1n) is 6.64. The van der Waals surface area contributed by atoms with Crippen molar-refractivity contribution in [2.75, 3.05) is 19.7 Å². The Balaban J connectivity index is 2.98. The van der Waals surface area contributed by atoms with Crippen molar-refractivity contribution in [1.82, 2.24) is 5.32 Å². The first-order chi connectivity index (χ1) is 9.12. The summed E-state index contributed by atoms with van der Waals surface area (Å²) in [6.07, 6.45) is 3.28. The van der Waals surface area contributed by atoms with Crippen molar-refractivity contribution in [2.24, 2.45) is 0 Å². The summed E-state index contributed by atoms with van der Waals surface area (Å²) in [5, 5.41) is 3.36. The maximum Gasteiger partial charge on any atom is 0.147 e. The highest BCUT2D eigenvalue weighted by Gasteiger charge is 2.08. The molecule has 0 heterocycles. The molecule has 0 unspecified atom stereocenters. The number of halogens is 2. The Morgan fingerprint density at radius 3 is 2.32 bits per heavy atom. The Hall–Kier alpha value is -0.320. The molecule has 1 aromatic rings. The third-order valence-corrected chi connectivity index (χ3v) is 3.91. The molecule has 2 nitrogen and oxygen atoms in total. The van der Waals surface area contributed by atoms with Gasteiger partial charge in [-0.2, -0.15) is 0 Å². The van der Waals surface area contributed by atoms with E-state index in [2.05, 4.69) is 69.2 Å². The summed E-state index contributed by atoms with van der Waals surface area (Å²) in [5.41, 5.74) is 2.57. The van der Waals surface area contributed by atoms with E-state index >= 15 is 0 Å². The molecule has 0 saturated carbocycles. The zero-order valence-corrected chi connectivity index (χ0v) is 14.9. The lowest BCUT2D eigenvalue weighted by atomic mass is 10.1. The predicted molar refractivity (Wildman–Crippen MR) is 89.8 cm³/mol. The van der Waals surface area contributed by atoms with Gasteiger partial charge < -0.3 is 10.1 Å². The molecule has 106 valence electrons. The maximum atomic E-state index is 5.59. The molecule has 0 aliphatic rings. The van der Waals surface area contributed by atoms with Crippen LogP contribution in [0.5, 0.6) is 5.75 Å². The van der Waals surface area contributed by atoms with E-state index < -0.39 is 0 Å². The van der Waals surface area contributed by atoms with E-state index in [9.17, 15) is 0 Å². The van der Waals surface area contributed by atoms with E-state index in [1.807, 2.05) is 6.92 Å². The van der Waals surface area contributed by atoms with Crippen molar-refractivity contribution in [3.8, 4) is 5.75 Å². The van der Waals surface area contributed by atoms with Crippen molar-refractivity contribution in [2.45, 2.75) is 27.2 Å². The van der Waals surface area contributed by atoms with Crippen molar-refractivity contribution in [3.05, 3.63) is 32.2 Å². The number of likely N-dealkylation sites (N-methyl/N-ethyl adjacent to an activating group) is 1. The van der Waals surface area contributed by atoms with Crippen LogP contribution in [0.15, 0.2) is 26.7 Å². The average molecular weight is 391 g/mol. The maximum absolute atomic E-state index is 5.59. The third-order valence-electron chi connectivity index (χ3n) is 2.74. The Morgan fingerprint density at radius 1 is 1.21 bits per heavy atom. The number of ether oxygens (including phenoxy) is 1. The van der Waals surface area contributed by atoms with Gasteiger partial charge in [-0.15, -0.1) is 0 Å². The topological polar surface area (TPSA) is 21.3 Å². The van der Waals surface area contributed by atoms with Crippen LogP contribution in [0.4, 0.5) is 0 Å². The zero-order chi connectivity index (χ0) is 14.3. The van der Waals surface area contributed by atoms with E-state index in [0.29, 0.717) is 6.61 Å². The van der Waals surface area contributed by atoms with Gasteiger partial charge in [-0.05, 0) is 69.4 Å². The molecule has 0 fully saturated rings. The number of hydrogen-bond donors (Lipinski definition) is 1. The summed E-state index contributed by atoms with van der Waals surface area (Å²) in [4.78, 5) is 0. The lowest BCUT2D eigenvalue weighted by molar-refractivity contribution is 0.336. The Kier molecular flexibility index (Phi) is 7.73. The molecular weight excluding hydrogens is 370 g/mol. The van der Waals surface area contributed by atoms with Crippen LogP contribution in [-0.2, 0) is 0 Å². The minimum Gasteiger partial charge on any atom is -0.492 e. The number of nitrogens with one attached hydrogen (secondary N) is 1. The van der Waals surface area contributed by atoms with Gasteiger partial charge in [-0.25, -0.2) is 0 Å². The van der Waals surface area contributed by atoms with Crippen LogP contribution in [0.2, 0.25) is 0 Å². The van der Waals surface area contributed by atoms with E-state index in [1.165, 1.54) is 11.1 Å². The molecule has 0 amide bonds. The highest BCUT2D eigenvalue weighted by Crippen LogP contribution is 2.35. The highest BCUT2D eigenvalue weighted by molar-refractivity contribution is 9.11. The van der Waals surface area contributed by atoms with E-state index in [1.54, 1.807) is 0 Å². The molecule has 0 spiro atoms. The zero-order valence-electron chi connectivity index (χ0n) is 11.7. The molecular formula is C15H21Br2NO. The molecule has 1 aromatic carbocycles. The molecule has 1 N–H and O–H groups in total. The van der Waals surface area contributed by atoms with Gasteiger partial charge in [-0.3, -0.25) is 0 Å². The molecule has 0 aliphatic carbocycles. The van der Waals surface area contributed by atoms with E-state index in [-0.39, 0.29) is 0 Å². The Bertz CT molecular complexity index is 421. The summed E-state index contributed by atoms with van der Waals surface area (Å²) in [7, 11) is 0. The van der Waals surface area contributed by atoms with Crippen LogP contribution < -0.4 is 10.1 Å². The van der Waals surface area contributed by atoms with E-state index in [4.69, 9.17) is 4.74 Å². The lowest BCUT2D eigenvalue weighted by Gasteiger charge is -2.11. The van der Waals surface area contributed by atoms with Gasteiger partial charge in [0.25, 0.3) is 0 Å².